The van der Waals surface area contributed by atoms with Gasteiger partial charge < -0.3 is 14.5 Å². The molecule has 2 aromatic rings. The van der Waals surface area contributed by atoms with E-state index >= 15 is 0 Å². The van der Waals surface area contributed by atoms with Gasteiger partial charge in [-0.1, -0.05) is 6.07 Å². The molecule has 1 unspecified atom stereocenters. The van der Waals surface area contributed by atoms with Crippen LogP contribution in [0.3, 0.4) is 0 Å². The summed E-state index contributed by atoms with van der Waals surface area (Å²) in [6.45, 7) is 4.08. The predicted molar refractivity (Wildman–Crippen MR) is 119 cm³/mol. The van der Waals surface area contributed by atoms with E-state index in [2.05, 4.69) is 9.88 Å². The van der Waals surface area contributed by atoms with Crippen LogP contribution in [0.2, 0.25) is 0 Å². The van der Waals surface area contributed by atoms with Gasteiger partial charge in [-0.05, 0) is 63.0 Å². The van der Waals surface area contributed by atoms with Crippen LogP contribution in [0.4, 0.5) is 4.39 Å². The van der Waals surface area contributed by atoms with Crippen molar-refractivity contribution in [2.24, 2.45) is 0 Å². The molecule has 0 saturated carbocycles. The highest BCUT2D eigenvalue weighted by Crippen LogP contribution is 2.25. The highest BCUT2D eigenvalue weighted by Gasteiger charge is 2.32. The maximum Gasteiger partial charge on any atom is 0.257 e. The van der Waals surface area contributed by atoms with Crippen LogP contribution in [-0.2, 0) is 6.61 Å². The number of amides is 1. The van der Waals surface area contributed by atoms with E-state index in [-0.39, 0.29) is 48.9 Å². The van der Waals surface area contributed by atoms with Crippen molar-refractivity contribution < 1.29 is 13.9 Å². The van der Waals surface area contributed by atoms with Gasteiger partial charge in [-0.3, -0.25) is 9.78 Å². The Hall–Kier alpha value is -1.89. The Bertz CT molecular complexity index is 819. The van der Waals surface area contributed by atoms with Crippen LogP contribution in [0.15, 0.2) is 42.6 Å². The molecule has 0 spiro atoms. The zero-order valence-corrected chi connectivity index (χ0v) is 18.5. The molecule has 1 aromatic carbocycles. The van der Waals surface area contributed by atoms with Crippen LogP contribution in [-0.4, -0.2) is 52.9 Å². The number of nitrogens with zero attached hydrogens (tertiary/aromatic N) is 3. The maximum absolute atomic E-state index is 14.7. The number of carbonyl (C=O) groups is 1. The average molecular weight is 456 g/mol. The number of halogens is 3. The van der Waals surface area contributed by atoms with Gasteiger partial charge in [0, 0.05) is 31.4 Å². The summed E-state index contributed by atoms with van der Waals surface area (Å²) in [5, 5.41) is 0. The SMILES string of the molecule is Cl.Cl.O=C(c1ccc(OCc2ccccn2)cc1F)N1CCCC1CN1CCCC1. The summed E-state index contributed by atoms with van der Waals surface area (Å²) in [6.07, 6.45) is 6.13. The summed E-state index contributed by atoms with van der Waals surface area (Å²) < 4.78 is 20.3. The lowest BCUT2D eigenvalue weighted by atomic mass is 10.1. The lowest BCUT2D eigenvalue weighted by molar-refractivity contribution is 0.0704. The first kappa shape index (κ1) is 24.4. The number of carbonyl (C=O) groups excluding carboxylic acids is 1. The number of pyridine rings is 1. The molecule has 1 amide bonds. The van der Waals surface area contributed by atoms with Crippen molar-refractivity contribution in [3.8, 4) is 5.75 Å². The highest BCUT2D eigenvalue weighted by atomic mass is 35.5. The van der Waals surface area contributed by atoms with Gasteiger partial charge in [0.25, 0.3) is 5.91 Å². The van der Waals surface area contributed by atoms with Gasteiger partial charge in [-0.25, -0.2) is 4.39 Å². The minimum absolute atomic E-state index is 0. The van der Waals surface area contributed by atoms with E-state index in [0.29, 0.717) is 12.3 Å². The molecular formula is C22H28Cl2FN3O2. The predicted octanol–water partition coefficient (Wildman–Crippen LogP) is 4.34. The molecular weight excluding hydrogens is 428 g/mol. The monoisotopic (exact) mass is 455 g/mol. The van der Waals surface area contributed by atoms with E-state index < -0.39 is 5.82 Å². The minimum atomic E-state index is -0.532. The lowest BCUT2D eigenvalue weighted by Gasteiger charge is -2.28. The molecule has 30 heavy (non-hydrogen) atoms. The molecule has 0 bridgehead atoms. The lowest BCUT2D eigenvalue weighted by Crippen LogP contribution is -2.42. The van der Waals surface area contributed by atoms with Crippen LogP contribution in [0.25, 0.3) is 0 Å². The van der Waals surface area contributed by atoms with Crippen molar-refractivity contribution >= 4 is 30.7 Å². The van der Waals surface area contributed by atoms with Gasteiger partial charge in [0.1, 0.15) is 18.2 Å². The second kappa shape index (κ2) is 11.5. The Balaban J connectivity index is 0.00000160. The van der Waals surface area contributed by atoms with Gasteiger partial charge in [0.2, 0.25) is 0 Å². The zero-order valence-electron chi connectivity index (χ0n) is 16.8. The van der Waals surface area contributed by atoms with Crippen LogP contribution < -0.4 is 4.74 Å². The summed E-state index contributed by atoms with van der Waals surface area (Å²) in [7, 11) is 0. The average Bonchev–Trinajstić information content (AvgIpc) is 3.39. The molecule has 8 heteroatoms. The Morgan fingerprint density at radius 1 is 1.10 bits per heavy atom. The maximum atomic E-state index is 14.7. The van der Waals surface area contributed by atoms with E-state index in [1.165, 1.54) is 25.0 Å². The summed E-state index contributed by atoms with van der Waals surface area (Å²) >= 11 is 0. The Morgan fingerprint density at radius 2 is 1.90 bits per heavy atom. The fourth-order valence-electron chi connectivity index (χ4n) is 4.11. The van der Waals surface area contributed by atoms with Gasteiger partial charge in [-0.15, -0.1) is 24.8 Å². The number of ether oxygens (including phenoxy) is 1. The Kier molecular flexibility index (Phi) is 9.34. The minimum Gasteiger partial charge on any atom is -0.487 e. The van der Waals surface area contributed by atoms with Crippen molar-refractivity contribution in [3.05, 3.63) is 59.7 Å². The van der Waals surface area contributed by atoms with E-state index in [0.717, 1.165) is 38.2 Å². The number of hydrogen-bond acceptors (Lipinski definition) is 4. The first-order valence-corrected chi connectivity index (χ1v) is 10.1. The highest BCUT2D eigenvalue weighted by molar-refractivity contribution is 5.95. The van der Waals surface area contributed by atoms with E-state index in [1.54, 1.807) is 12.3 Å². The molecule has 2 saturated heterocycles. The normalized spacial score (nSPS) is 18.6. The van der Waals surface area contributed by atoms with Crippen molar-refractivity contribution in [1.29, 1.82) is 0 Å². The molecule has 4 rings (SSSR count). The summed E-state index contributed by atoms with van der Waals surface area (Å²) in [5.74, 6) is -0.347. The van der Waals surface area contributed by atoms with Crippen molar-refractivity contribution in [1.82, 2.24) is 14.8 Å². The van der Waals surface area contributed by atoms with Crippen LogP contribution in [0, 0.1) is 5.82 Å². The third-order valence-electron chi connectivity index (χ3n) is 5.59. The van der Waals surface area contributed by atoms with Crippen molar-refractivity contribution in [2.45, 2.75) is 38.3 Å². The smallest absolute Gasteiger partial charge is 0.257 e. The molecule has 1 aromatic heterocycles. The van der Waals surface area contributed by atoms with Crippen molar-refractivity contribution in [2.75, 3.05) is 26.2 Å². The fraction of sp³-hybridized carbons (Fsp3) is 0.455. The van der Waals surface area contributed by atoms with E-state index in [1.807, 2.05) is 23.1 Å². The number of likely N-dealkylation sites (tertiary alicyclic amines) is 2. The van der Waals surface area contributed by atoms with Gasteiger partial charge in [-0.2, -0.15) is 0 Å². The first-order chi connectivity index (χ1) is 13.7. The molecule has 5 nitrogen and oxygen atoms in total. The molecule has 0 radical (unpaired) electrons. The second-order valence-electron chi connectivity index (χ2n) is 7.55. The number of hydrogen-bond donors (Lipinski definition) is 0. The molecule has 1 atom stereocenters. The molecule has 2 aliphatic heterocycles. The third kappa shape index (κ3) is 5.84. The quantitative estimate of drug-likeness (QED) is 0.649. The van der Waals surface area contributed by atoms with Crippen LogP contribution in [0.1, 0.15) is 41.7 Å². The number of rotatable bonds is 6. The molecule has 0 N–H and O–H groups in total. The van der Waals surface area contributed by atoms with E-state index in [9.17, 15) is 9.18 Å². The largest absolute Gasteiger partial charge is 0.487 e. The molecule has 2 aliphatic rings. The van der Waals surface area contributed by atoms with Crippen LogP contribution >= 0.6 is 24.8 Å². The Labute approximate surface area is 189 Å². The van der Waals surface area contributed by atoms with E-state index in [4.69, 9.17) is 4.74 Å². The number of aromatic nitrogens is 1. The molecule has 0 aliphatic carbocycles. The van der Waals surface area contributed by atoms with Crippen LogP contribution in [0.5, 0.6) is 5.75 Å². The number of benzene rings is 1. The molecule has 164 valence electrons. The van der Waals surface area contributed by atoms with Gasteiger partial charge in [0.05, 0.1) is 11.3 Å². The zero-order chi connectivity index (χ0) is 19.3. The fourth-order valence-corrected chi connectivity index (χ4v) is 4.11. The molecule has 3 heterocycles. The summed E-state index contributed by atoms with van der Waals surface area (Å²) in [4.78, 5) is 21.4. The van der Waals surface area contributed by atoms with Gasteiger partial charge in [0.15, 0.2) is 0 Å². The summed E-state index contributed by atoms with van der Waals surface area (Å²) in [6, 6.07) is 10.2. The Morgan fingerprint density at radius 3 is 2.60 bits per heavy atom. The standard InChI is InChI=1S/C22H26FN3O2.2ClH/c23-21-14-19(28-16-17-6-1-2-10-24-17)8-9-20(21)22(27)26-13-5-7-18(26)15-25-11-3-4-12-25;;/h1-2,6,8-10,14,18H,3-5,7,11-13,15-16H2;2*1H. The first-order valence-electron chi connectivity index (χ1n) is 10.1. The topological polar surface area (TPSA) is 45.7 Å². The second-order valence-corrected chi connectivity index (χ2v) is 7.55. The van der Waals surface area contributed by atoms with Gasteiger partial charge >= 0.3 is 0 Å². The van der Waals surface area contributed by atoms with Crippen molar-refractivity contribution in [3.63, 3.8) is 0 Å². The third-order valence-corrected chi connectivity index (χ3v) is 5.59. The molecule has 2 fully saturated rings. The summed E-state index contributed by atoms with van der Waals surface area (Å²) in [5.41, 5.74) is 0.892.